The number of carbonyl (C=O) groups is 1. The van der Waals surface area contributed by atoms with Gasteiger partial charge in [0, 0.05) is 31.9 Å². The molecule has 108 valence electrons. The summed E-state index contributed by atoms with van der Waals surface area (Å²) in [5.41, 5.74) is 0.713. The van der Waals surface area contributed by atoms with Crippen LogP contribution in [0.15, 0.2) is 12.4 Å². The van der Waals surface area contributed by atoms with Crippen LogP contribution in [0, 0.1) is 0 Å². The lowest BCUT2D eigenvalue weighted by atomic mass is 10.2. The Labute approximate surface area is 114 Å². The zero-order chi connectivity index (χ0) is 14.3. The highest BCUT2D eigenvalue weighted by atomic mass is 16.6. The Morgan fingerprint density at radius 1 is 1.42 bits per heavy atom. The molecule has 0 aliphatic rings. The van der Waals surface area contributed by atoms with Crippen LogP contribution in [0.3, 0.4) is 0 Å². The Morgan fingerprint density at radius 2 is 2.16 bits per heavy atom. The molecular formula is C13H24N4O2. The zero-order valence-electron chi connectivity index (χ0n) is 12.2. The van der Waals surface area contributed by atoms with Gasteiger partial charge in [0.2, 0.25) is 0 Å². The number of aromatic nitrogens is 2. The normalized spacial score (nSPS) is 11.4. The molecule has 0 atom stereocenters. The first kappa shape index (κ1) is 15.5. The van der Waals surface area contributed by atoms with Crippen molar-refractivity contribution in [3.05, 3.63) is 18.0 Å². The molecule has 1 heterocycles. The Bertz CT molecular complexity index is 396. The van der Waals surface area contributed by atoms with E-state index in [1.54, 1.807) is 4.68 Å². The second-order valence-corrected chi connectivity index (χ2v) is 5.48. The molecule has 1 rings (SSSR count). The van der Waals surface area contributed by atoms with Crippen LogP contribution >= 0.6 is 0 Å². The molecular weight excluding hydrogens is 244 g/mol. The molecule has 0 spiro atoms. The zero-order valence-corrected chi connectivity index (χ0v) is 12.2. The molecule has 1 aromatic rings. The van der Waals surface area contributed by atoms with Gasteiger partial charge in [-0.25, -0.2) is 4.79 Å². The highest BCUT2D eigenvalue weighted by molar-refractivity contribution is 5.67. The van der Waals surface area contributed by atoms with Gasteiger partial charge >= 0.3 is 6.09 Å². The van der Waals surface area contributed by atoms with E-state index in [0.29, 0.717) is 6.54 Å². The second-order valence-electron chi connectivity index (χ2n) is 5.48. The smallest absolute Gasteiger partial charge is 0.407 e. The summed E-state index contributed by atoms with van der Waals surface area (Å²) in [6.45, 7) is 7.78. The minimum atomic E-state index is -0.442. The van der Waals surface area contributed by atoms with Crippen molar-refractivity contribution in [1.82, 2.24) is 20.4 Å². The number of amides is 1. The number of ether oxygens (including phenoxy) is 1. The number of hydrogen-bond acceptors (Lipinski definition) is 4. The number of alkyl carbamates (subject to hydrolysis) is 1. The van der Waals surface area contributed by atoms with E-state index in [1.807, 2.05) is 40.2 Å². The third kappa shape index (κ3) is 7.46. The van der Waals surface area contributed by atoms with Crippen molar-refractivity contribution in [2.24, 2.45) is 7.05 Å². The van der Waals surface area contributed by atoms with E-state index in [9.17, 15) is 4.79 Å². The Balaban J connectivity index is 2.01. The lowest BCUT2D eigenvalue weighted by Gasteiger charge is -2.19. The molecule has 0 unspecified atom stereocenters. The minimum absolute atomic E-state index is 0.361. The molecule has 2 N–H and O–H groups in total. The highest BCUT2D eigenvalue weighted by Crippen LogP contribution is 2.06. The van der Waals surface area contributed by atoms with Crippen LogP contribution < -0.4 is 10.6 Å². The first-order valence-electron chi connectivity index (χ1n) is 6.52. The predicted octanol–water partition coefficient (Wildman–Crippen LogP) is 1.42. The van der Waals surface area contributed by atoms with Crippen molar-refractivity contribution >= 4 is 6.09 Å². The molecule has 0 aromatic carbocycles. The van der Waals surface area contributed by atoms with Crippen LogP contribution in [0.2, 0.25) is 0 Å². The van der Waals surface area contributed by atoms with Gasteiger partial charge in [-0.1, -0.05) is 0 Å². The maximum atomic E-state index is 11.4. The van der Waals surface area contributed by atoms with Gasteiger partial charge in [-0.15, -0.1) is 0 Å². The van der Waals surface area contributed by atoms with Crippen LogP contribution in [-0.4, -0.2) is 34.6 Å². The van der Waals surface area contributed by atoms with Gasteiger partial charge in [-0.05, 0) is 33.7 Å². The van der Waals surface area contributed by atoms with E-state index in [4.69, 9.17) is 4.74 Å². The summed E-state index contributed by atoms with van der Waals surface area (Å²) in [5, 5.41) is 10.1. The molecule has 0 aliphatic carbocycles. The molecule has 6 heteroatoms. The molecule has 6 nitrogen and oxygen atoms in total. The number of rotatable bonds is 6. The van der Waals surface area contributed by atoms with Gasteiger partial charge in [-0.3, -0.25) is 4.68 Å². The molecule has 0 saturated carbocycles. The Hall–Kier alpha value is -1.56. The lowest BCUT2D eigenvalue weighted by Crippen LogP contribution is -2.33. The van der Waals surface area contributed by atoms with Gasteiger partial charge < -0.3 is 15.4 Å². The summed E-state index contributed by atoms with van der Waals surface area (Å²) in [7, 11) is 1.90. The summed E-state index contributed by atoms with van der Waals surface area (Å²) < 4.78 is 6.91. The van der Waals surface area contributed by atoms with Crippen LogP contribution in [0.25, 0.3) is 0 Å². The topological polar surface area (TPSA) is 68.2 Å². The lowest BCUT2D eigenvalue weighted by molar-refractivity contribution is 0.0527. The third-order valence-electron chi connectivity index (χ3n) is 2.29. The molecule has 1 aromatic heterocycles. The van der Waals surface area contributed by atoms with E-state index in [1.165, 1.54) is 0 Å². The first-order chi connectivity index (χ1) is 8.87. The minimum Gasteiger partial charge on any atom is -0.444 e. The van der Waals surface area contributed by atoms with Crippen molar-refractivity contribution in [3.63, 3.8) is 0 Å². The number of nitrogens with one attached hydrogen (secondary N) is 2. The summed E-state index contributed by atoms with van der Waals surface area (Å²) in [4.78, 5) is 11.4. The van der Waals surface area contributed by atoms with E-state index < -0.39 is 5.60 Å². The van der Waals surface area contributed by atoms with Crippen molar-refractivity contribution < 1.29 is 9.53 Å². The molecule has 0 fully saturated rings. The van der Waals surface area contributed by atoms with E-state index in [0.717, 1.165) is 25.1 Å². The molecule has 19 heavy (non-hydrogen) atoms. The van der Waals surface area contributed by atoms with E-state index >= 15 is 0 Å². The van der Waals surface area contributed by atoms with Crippen molar-refractivity contribution in [1.29, 1.82) is 0 Å². The summed E-state index contributed by atoms with van der Waals surface area (Å²) >= 11 is 0. The Morgan fingerprint density at radius 3 is 2.74 bits per heavy atom. The van der Waals surface area contributed by atoms with E-state index in [2.05, 4.69) is 15.7 Å². The number of carbonyl (C=O) groups excluding carboxylic acids is 1. The monoisotopic (exact) mass is 268 g/mol. The largest absolute Gasteiger partial charge is 0.444 e. The van der Waals surface area contributed by atoms with Crippen LogP contribution in [-0.2, 0) is 18.3 Å². The average molecular weight is 268 g/mol. The number of aryl methyl sites for hydroxylation is 1. The third-order valence-corrected chi connectivity index (χ3v) is 2.29. The Kier molecular flexibility index (Phi) is 5.82. The SMILES string of the molecule is Cn1cc(CNCCCNC(=O)OC(C)(C)C)cn1. The predicted molar refractivity (Wildman–Crippen MR) is 73.8 cm³/mol. The first-order valence-corrected chi connectivity index (χ1v) is 6.52. The highest BCUT2D eigenvalue weighted by Gasteiger charge is 2.15. The van der Waals surface area contributed by atoms with Gasteiger partial charge in [0.15, 0.2) is 0 Å². The summed E-state index contributed by atoms with van der Waals surface area (Å²) in [6.07, 6.45) is 4.32. The van der Waals surface area contributed by atoms with Crippen molar-refractivity contribution in [3.8, 4) is 0 Å². The number of nitrogens with zero attached hydrogens (tertiary/aromatic N) is 2. The van der Waals surface area contributed by atoms with Crippen LogP contribution in [0.4, 0.5) is 4.79 Å². The van der Waals surface area contributed by atoms with Gasteiger partial charge in [-0.2, -0.15) is 5.10 Å². The van der Waals surface area contributed by atoms with E-state index in [-0.39, 0.29) is 6.09 Å². The van der Waals surface area contributed by atoms with Crippen LogP contribution in [0.1, 0.15) is 32.8 Å². The maximum Gasteiger partial charge on any atom is 0.407 e. The second kappa shape index (κ2) is 7.13. The molecule has 0 aliphatic heterocycles. The standard InChI is InChI=1S/C13H24N4O2/c1-13(2,3)19-12(18)15-7-5-6-14-8-11-9-16-17(4)10-11/h9-10,14H,5-8H2,1-4H3,(H,15,18). The van der Waals surface area contributed by atoms with Gasteiger partial charge in [0.25, 0.3) is 0 Å². The fraction of sp³-hybridized carbons (Fsp3) is 0.692. The molecule has 0 bridgehead atoms. The fourth-order valence-electron chi connectivity index (χ4n) is 1.51. The molecule has 0 radical (unpaired) electrons. The van der Waals surface area contributed by atoms with Crippen molar-refractivity contribution in [2.75, 3.05) is 13.1 Å². The van der Waals surface area contributed by atoms with Crippen LogP contribution in [0.5, 0.6) is 0 Å². The van der Waals surface area contributed by atoms with Crippen molar-refractivity contribution in [2.45, 2.75) is 39.3 Å². The number of hydrogen-bond donors (Lipinski definition) is 2. The summed E-state index contributed by atoms with van der Waals surface area (Å²) in [6, 6.07) is 0. The average Bonchev–Trinajstić information content (AvgIpc) is 2.67. The molecule has 1 amide bonds. The fourth-order valence-corrected chi connectivity index (χ4v) is 1.51. The maximum absolute atomic E-state index is 11.4. The van der Waals surface area contributed by atoms with Gasteiger partial charge in [0.1, 0.15) is 5.60 Å². The quantitative estimate of drug-likeness (QED) is 0.766. The van der Waals surface area contributed by atoms with Gasteiger partial charge in [0.05, 0.1) is 6.20 Å². The molecule has 0 saturated heterocycles. The summed E-state index contributed by atoms with van der Waals surface area (Å²) in [5.74, 6) is 0.